The van der Waals surface area contributed by atoms with Gasteiger partial charge in [0.05, 0.1) is 5.54 Å². The minimum atomic E-state index is -0.746. The minimum Gasteiger partial charge on any atom is -0.439 e. The van der Waals surface area contributed by atoms with Crippen molar-refractivity contribution in [3.63, 3.8) is 0 Å². The molecule has 1 saturated carbocycles. The summed E-state index contributed by atoms with van der Waals surface area (Å²) in [7, 11) is 0. The molecule has 1 amide bonds. The number of aryl methyl sites for hydroxylation is 2. The Morgan fingerprint density at radius 3 is 2.67 bits per heavy atom. The number of hydrogen-bond acceptors (Lipinski definition) is 4. The predicted octanol–water partition coefficient (Wildman–Crippen LogP) is 3.70. The second-order valence-electron chi connectivity index (χ2n) is 6.57. The van der Waals surface area contributed by atoms with Crippen molar-refractivity contribution in [2.24, 2.45) is 5.73 Å². The third-order valence-electron chi connectivity index (χ3n) is 4.50. The lowest BCUT2D eigenvalue weighted by atomic mass is 9.98. The van der Waals surface area contributed by atoms with E-state index >= 15 is 0 Å². The molecule has 0 atom stereocenters. The first-order chi connectivity index (χ1) is 11.5. The van der Waals surface area contributed by atoms with E-state index in [2.05, 4.69) is 10.3 Å². The van der Waals surface area contributed by atoms with E-state index in [4.69, 9.17) is 10.5 Å². The lowest BCUT2D eigenvalue weighted by molar-refractivity contribution is -0.121. The summed E-state index contributed by atoms with van der Waals surface area (Å²) in [6, 6.07) is 9.38. The molecule has 0 bridgehead atoms. The van der Waals surface area contributed by atoms with Gasteiger partial charge in [-0.3, -0.25) is 4.79 Å². The van der Waals surface area contributed by atoms with Crippen LogP contribution in [0.5, 0.6) is 11.6 Å². The molecule has 0 spiro atoms. The van der Waals surface area contributed by atoms with Gasteiger partial charge in [-0.25, -0.2) is 4.98 Å². The summed E-state index contributed by atoms with van der Waals surface area (Å²) in [5.74, 6) is 1.08. The highest BCUT2D eigenvalue weighted by atomic mass is 16.5. The summed E-state index contributed by atoms with van der Waals surface area (Å²) in [6.45, 7) is 3.94. The van der Waals surface area contributed by atoms with E-state index in [1.807, 2.05) is 44.2 Å². The highest BCUT2D eigenvalue weighted by Crippen LogP contribution is 2.30. The van der Waals surface area contributed by atoms with Gasteiger partial charge in [0.15, 0.2) is 0 Å². The van der Waals surface area contributed by atoms with Crippen LogP contribution in [0.2, 0.25) is 0 Å². The van der Waals surface area contributed by atoms with Gasteiger partial charge in [0, 0.05) is 24.0 Å². The number of nitrogens with one attached hydrogen (secondary N) is 1. The molecule has 24 heavy (non-hydrogen) atoms. The Kier molecular flexibility index (Phi) is 4.53. The number of carbonyl (C=O) groups is 1. The zero-order valence-corrected chi connectivity index (χ0v) is 14.1. The lowest BCUT2D eigenvalue weighted by Crippen LogP contribution is -2.48. The Morgan fingerprint density at radius 2 is 1.96 bits per heavy atom. The number of ether oxygens (including phenoxy) is 1. The Hall–Kier alpha value is -2.40. The number of nitrogens with zero attached hydrogens (tertiary/aromatic N) is 1. The minimum absolute atomic E-state index is 0.122. The number of benzene rings is 1. The Bertz CT molecular complexity index is 752. The normalized spacial score (nSPS) is 16.0. The quantitative estimate of drug-likeness (QED) is 0.898. The topological polar surface area (TPSA) is 77.2 Å². The summed E-state index contributed by atoms with van der Waals surface area (Å²) < 4.78 is 5.87. The number of aromatic nitrogens is 1. The predicted molar refractivity (Wildman–Crippen MR) is 94.2 cm³/mol. The molecule has 0 saturated heterocycles. The standard InChI is InChI=1S/C19H23N3O2/c1-13-7-10-21-17(11-13)24-16-12-15(6-5-14(16)2)22-18(23)19(20)8-3-4-9-19/h5-7,10-12H,3-4,8-9,20H2,1-2H3,(H,22,23). The van der Waals surface area contributed by atoms with Crippen LogP contribution in [0.1, 0.15) is 36.8 Å². The van der Waals surface area contributed by atoms with Crippen molar-refractivity contribution in [3.8, 4) is 11.6 Å². The van der Waals surface area contributed by atoms with E-state index < -0.39 is 5.54 Å². The van der Waals surface area contributed by atoms with Crippen LogP contribution in [0.4, 0.5) is 5.69 Å². The second-order valence-corrected chi connectivity index (χ2v) is 6.57. The maximum Gasteiger partial charge on any atom is 0.244 e. The summed E-state index contributed by atoms with van der Waals surface area (Å²) in [5.41, 5.74) is 8.19. The van der Waals surface area contributed by atoms with Crippen molar-refractivity contribution in [1.82, 2.24) is 4.98 Å². The molecule has 1 aromatic carbocycles. The van der Waals surface area contributed by atoms with Gasteiger partial charge in [-0.1, -0.05) is 18.9 Å². The number of rotatable bonds is 4. The fraction of sp³-hybridized carbons (Fsp3) is 0.368. The third kappa shape index (κ3) is 3.57. The Balaban J connectivity index is 1.77. The first-order valence-electron chi connectivity index (χ1n) is 8.28. The van der Waals surface area contributed by atoms with Gasteiger partial charge in [0.2, 0.25) is 11.8 Å². The molecule has 1 aromatic heterocycles. The molecule has 1 heterocycles. The molecule has 2 aromatic rings. The van der Waals surface area contributed by atoms with E-state index in [1.165, 1.54) is 0 Å². The maximum absolute atomic E-state index is 12.4. The van der Waals surface area contributed by atoms with Crippen molar-refractivity contribution < 1.29 is 9.53 Å². The number of pyridine rings is 1. The average Bonchev–Trinajstić information content (AvgIpc) is 2.99. The summed E-state index contributed by atoms with van der Waals surface area (Å²) >= 11 is 0. The van der Waals surface area contributed by atoms with E-state index in [9.17, 15) is 4.79 Å². The molecular weight excluding hydrogens is 302 g/mol. The van der Waals surface area contributed by atoms with Crippen LogP contribution < -0.4 is 15.8 Å². The molecule has 5 nitrogen and oxygen atoms in total. The fourth-order valence-corrected chi connectivity index (χ4v) is 2.95. The van der Waals surface area contributed by atoms with Crippen LogP contribution in [0.3, 0.4) is 0 Å². The molecule has 5 heteroatoms. The molecule has 1 aliphatic carbocycles. The fourth-order valence-electron chi connectivity index (χ4n) is 2.95. The van der Waals surface area contributed by atoms with E-state index in [0.29, 0.717) is 17.3 Å². The SMILES string of the molecule is Cc1ccnc(Oc2cc(NC(=O)C3(N)CCCC3)ccc2C)c1. The zero-order valence-electron chi connectivity index (χ0n) is 14.1. The number of carbonyl (C=O) groups excluding carboxylic acids is 1. The Morgan fingerprint density at radius 1 is 1.21 bits per heavy atom. The molecule has 126 valence electrons. The van der Waals surface area contributed by atoms with Crippen LogP contribution in [0.25, 0.3) is 0 Å². The van der Waals surface area contributed by atoms with Gasteiger partial charge in [0.1, 0.15) is 5.75 Å². The van der Waals surface area contributed by atoms with Gasteiger partial charge in [0.25, 0.3) is 0 Å². The molecule has 3 N–H and O–H groups in total. The van der Waals surface area contributed by atoms with Crippen molar-refractivity contribution in [2.45, 2.75) is 45.1 Å². The van der Waals surface area contributed by atoms with Crippen molar-refractivity contribution in [2.75, 3.05) is 5.32 Å². The first kappa shape index (κ1) is 16.5. The highest BCUT2D eigenvalue weighted by molar-refractivity contribution is 5.98. The first-order valence-corrected chi connectivity index (χ1v) is 8.28. The summed E-state index contributed by atoms with van der Waals surface area (Å²) in [4.78, 5) is 16.7. The Labute approximate surface area is 142 Å². The van der Waals surface area contributed by atoms with Crippen LogP contribution in [-0.4, -0.2) is 16.4 Å². The van der Waals surface area contributed by atoms with Gasteiger partial charge < -0.3 is 15.8 Å². The van der Waals surface area contributed by atoms with Crippen LogP contribution >= 0.6 is 0 Å². The molecule has 3 rings (SSSR count). The second kappa shape index (κ2) is 6.61. The van der Waals surface area contributed by atoms with Gasteiger partial charge >= 0.3 is 0 Å². The highest BCUT2D eigenvalue weighted by Gasteiger charge is 2.37. The molecule has 0 unspecified atom stereocenters. The zero-order chi connectivity index (χ0) is 17.2. The molecule has 1 fully saturated rings. The van der Waals surface area contributed by atoms with Crippen molar-refractivity contribution in [3.05, 3.63) is 47.7 Å². The van der Waals surface area contributed by atoms with E-state index in [-0.39, 0.29) is 5.91 Å². The number of amides is 1. The largest absolute Gasteiger partial charge is 0.439 e. The molecule has 0 radical (unpaired) electrons. The smallest absolute Gasteiger partial charge is 0.244 e. The van der Waals surface area contributed by atoms with E-state index in [0.717, 1.165) is 36.8 Å². The van der Waals surface area contributed by atoms with Gasteiger partial charge in [-0.2, -0.15) is 0 Å². The summed E-state index contributed by atoms with van der Waals surface area (Å²) in [6.07, 6.45) is 5.20. The monoisotopic (exact) mass is 325 g/mol. The van der Waals surface area contributed by atoms with E-state index in [1.54, 1.807) is 6.20 Å². The summed E-state index contributed by atoms with van der Waals surface area (Å²) in [5, 5.41) is 2.92. The van der Waals surface area contributed by atoms with Crippen molar-refractivity contribution >= 4 is 11.6 Å². The van der Waals surface area contributed by atoms with Gasteiger partial charge in [-0.15, -0.1) is 0 Å². The lowest BCUT2D eigenvalue weighted by Gasteiger charge is -2.22. The van der Waals surface area contributed by atoms with Crippen LogP contribution in [0, 0.1) is 13.8 Å². The van der Waals surface area contributed by atoms with Crippen LogP contribution in [-0.2, 0) is 4.79 Å². The average molecular weight is 325 g/mol. The van der Waals surface area contributed by atoms with Gasteiger partial charge in [-0.05, 0) is 49.9 Å². The maximum atomic E-state index is 12.4. The molecule has 1 aliphatic rings. The van der Waals surface area contributed by atoms with Crippen molar-refractivity contribution in [1.29, 1.82) is 0 Å². The molecule has 0 aliphatic heterocycles. The number of nitrogens with two attached hydrogens (primary N) is 1. The third-order valence-corrected chi connectivity index (χ3v) is 4.50. The number of anilines is 1. The van der Waals surface area contributed by atoms with Crippen LogP contribution in [0.15, 0.2) is 36.5 Å². The number of hydrogen-bond donors (Lipinski definition) is 2. The molecular formula is C19H23N3O2.